The number of benzene rings is 1. The van der Waals surface area contributed by atoms with Crippen molar-refractivity contribution in [3.05, 3.63) is 58.0 Å². The van der Waals surface area contributed by atoms with Gasteiger partial charge in [0.25, 0.3) is 0 Å². The van der Waals surface area contributed by atoms with E-state index in [0.717, 1.165) is 30.8 Å². The van der Waals surface area contributed by atoms with Gasteiger partial charge in [0.1, 0.15) is 17.5 Å². The summed E-state index contributed by atoms with van der Waals surface area (Å²) >= 11 is 12.5. The van der Waals surface area contributed by atoms with Crippen LogP contribution in [0.5, 0.6) is 0 Å². The Morgan fingerprint density at radius 3 is 2.49 bits per heavy atom. The lowest BCUT2D eigenvalue weighted by Gasteiger charge is -2.41. The van der Waals surface area contributed by atoms with Crippen LogP contribution in [-0.2, 0) is 0 Å². The second-order valence-electron chi connectivity index (χ2n) is 9.55. The first-order valence-corrected chi connectivity index (χ1v) is 13.0. The van der Waals surface area contributed by atoms with Crippen LogP contribution in [0.15, 0.2) is 36.5 Å². The molecule has 0 radical (unpaired) electrons. The van der Waals surface area contributed by atoms with Crippen LogP contribution >= 0.6 is 23.2 Å². The maximum absolute atomic E-state index is 13.8. The number of pyridine rings is 1. The van der Waals surface area contributed by atoms with Gasteiger partial charge in [0.15, 0.2) is 0 Å². The second kappa shape index (κ2) is 10.3. The van der Waals surface area contributed by atoms with Gasteiger partial charge in [0.2, 0.25) is 5.95 Å². The van der Waals surface area contributed by atoms with E-state index in [0.29, 0.717) is 48.2 Å². The monoisotopic (exact) mass is 544 g/mol. The fourth-order valence-electron chi connectivity index (χ4n) is 5.00. The number of rotatable bonds is 5. The Morgan fingerprint density at radius 2 is 1.84 bits per heavy atom. The molecule has 2 saturated heterocycles. The first-order chi connectivity index (χ1) is 17.7. The molecule has 4 heterocycles. The topological polar surface area (TPSA) is 85.7 Å². The second-order valence-corrected chi connectivity index (χ2v) is 10.4. The minimum Gasteiger partial charge on any atom is -0.478 e. The van der Waals surface area contributed by atoms with Crippen molar-refractivity contribution >= 4 is 46.8 Å². The molecule has 1 unspecified atom stereocenters. The molecule has 2 atom stereocenters. The van der Waals surface area contributed by atoms with E-state index in [1.54, 1.807) is 12.1 Å². The Bertz CT molecular complexity index is 1340. The van der Waals surface area contributed by atoms with E-state index in [4.69, 9.17) is 33.2 Å². The van der Waals surface area contributed by atoms with Gasteiger partial charge in [-0.05, 0) is 51.0 Å². The number of nitrogens with zero attached hydrogens (tertiary/aromatic N) is 6. The van der Waals surface area contributed by atoms with Crippen LogP contribution in [0.25, 0.3) is 11.3 Å². The quantitative estimate of drug-likeness (QED) is 0.457. The first kappa shape index (κ1) is 25.5. The van der Waals surface area contributed by atoms with Gasteiger partial charge in [-0.25, -0.2) is 19.2 Å². The van der Waals surface area contributed by atoms with E-state index < -0.39 is 11.8 Å². The minimum absolute atomic E-state index is 0.0500. The number of hydrogen-bond acceptors (Lipinski definition) is 7. The maximum Gasteiger partial charge on any atom is 0.337 e. The van der Waals surface area contributed by atoms with Gasteiger partial charge < -0.3 is 19.8 Å². The Balaban J connectivity index is 1.46. The molecule has 8 nitrogen and oxygen atoms in total. The molecule has 11 heteroatoms. The summed E-state index contributed by atoms with van der Waals surface area (Å²) in [6.45, 7) is 7.05. The number of anilines is 3. The van der Waals surface area contributed by atoms with E-state index in [-0.39, 0.29) is 16.6 Å². The Kier molecular flexibility index (Phi) is 7.09. The largest absolute Gasteiger partial charge is 0.478 e. The molecule has 2 aliphatic heterocycles. The third kappa shape index (κ3) is 5.15. The number of carboxylic acid groups (broad SMARTS) is 1. The van der Waals surface area contributed by atoms with E-state index in [1.807, 2.05) is 6.07 Å². The Labute approximate surface area is 224 Å². The highest BCUT2D eigenvalue weighted by Gasteiger charge is 2.30. The van der Waals surface area contributed by atoms with E-state index >= 15 is 0 Å². The summed E-state index contributed by atoms with van der Waals surface area (Å²) in [5.74, 6) is 0.466. The molecule has 0 saturated carbocycles. The fraction of sp³-hybridized carbons (Fsp3) is 0.385. The van der Waals surface area contributed by atoms with Crippen molar-refractivity contribution in [2.75, 3.05) is 40.9 Å². The van der Waals surface area contributed by atoms with Crippen LogP contribution in [-0.4, -0.2) is 64.3 Å². The number of hydrogen-bond donors (Lipinski definition) is 1. The predicted molar refractivity (Wildman–Crippen MR) is 144 cm³/mol. The van der Waals surface area contributed by atoms with Crippen LogP contribution in [0.2, 0.25) is 10.0 Å². The molecule has 0 spiro atoms. The van der Waals surface area contributed by atoms with Crippen molar-refractivity contribution in [2.24, 2.45) is 0 Å². The van der Waals surface area contributed by atoms with Crippen LogP contribution in [0.1, 0.15) is 37.0 Å². The van der Waals surface area contributed by atoms with E-state index in [1.165, 1.54) is 18.3 Å². The summed E-state index contributed by atoms with van der Waals surface area (Å²) in [6.07, 6.45) is 3.49. The fourth-order valence-corrected chi connectivity index (χ4v) is 5.47. The molecule has 1 aromatic carbocycles. The standard InChI is InChI=1S/C26H27Cl2FN6O2/c1-15-4-3-7-35(15)26-31-22(17-5-6-21(29)19(27)10-17)12-23(32-26)34-9-8-33(14-16(34)2)24-20(28)11-18(13-30-24)25(36)37/h5-6,10-13,15-16H,3-4,7-9,14H2,1-2H3,(H,36,37)/t15?,16-/m1/s1. The van der Waals surface area contributed by atoms with Crippen molar-refractivity contribution in [3.8, 4) is 11.3 Å². The average molecular weight is 545 g/mol. The van der Waals surface area contributed by atoms with Gasteiger partial charge in [-0.15, -0.1) is 0 Å². The van der Waals surface area contributed by atoms with Crippen molar-refractivity contribution in [3.63, 3.8) is 0 Å². The summed E-state index contributed by atoms with van der Waals surface area (Å²) in [4.78, 5) is 31.9. The molecular formula is C26H27Cl2FN6O2. The number of carbonyl (C=O) groups is 1. The van der Waals surface area contributed by atoms with Gasteiger partial charge in [-0.1, -0.05) is 23.2 Å². The molecule has 0 amide bonds. The number of aromatic nitrogens is 3. The molecule has 0 bridgehead atoms. The predicted octanol–water partition coefficient (Wildman–Crippen LogP) is 5.39. The summed E-state index contributed by atoms with van der Waals surface area (Å²) in [5.41, 5.74) is 1.46. The van der Waals surface area contributed by atoms with E-state index in [2.05, 4.69) is 33.5 Å². The molecule has 37 heavy (non-hydrogen) atoms. The zero-order chi connectivity index (χ0) is 26.3. The molecule has 3 aromatic rings. The summed E-state index contributed by atoms with van der Waals surface area (Å²) < 4.78 is 13.8. The van der Waals surface area contributed by atoms with Gasteiger partial charge >= 0.3 is 5.97 Å². The molecule has 2 aromatic heterocycles. The molecule has 1 N–H and O–H groups in total. The summed E-state index contributed by atoms with van der Waals surface area (Å²) in [5, 5.41) is 9.56. The molecule has 2 aliphatic rings. The van der Waals surface area contributed by atoms with E-state index in [9.17, 15) is 14.3 Å². The first-order valence-electron chi connectivity index (χ1n) is 12.2. The number of carboxylic acids is 1. The zero-order valence-corrected chi connectivity index (χ0v) is 22.0. The zero-order valence-electron chi connectivity index (χ0n) is 20.5. The lowest BCUT2D eigenvalue weighted by Crippen LogP contribution is -2.52. The van der Waals surface area contributed by atoms with Crippen molar-refractivity contribution in [1.29, 1.82) is 0 Å². The maximum atomic E-state index is 13.8. The normalized spacial score (nSPS) is 20.0. The summed E-state index contributed by atoms with van der Waals surface area (Å²) in [6, 6.07) is 8.36. The summed E-state index contributed by atoms with van der Waals surface area (Å²) in [7, 11) is 0. The van der Waals surface area contributed by atoms with Crippen molar-refractivity contribution < 1.29 is 14.3 Å². The van der Waals surface area contributed by atoms with Crippen LogP contribution in [0.4, 0.5) is 22.0 Å². The van der Waals surface area contributed by atoms with Crippen molar-refractivity contribution in [1.82, 2.24) is 15.0 Å². The Hall–Kier alpha value is -3.17. The number of piperazine rings is 1. The molecule has 0 aliphatic carbocycles. The molecule has 2 fully saturated rings. The lowest BCUT2D eigenvalue weighted by atomic mass is 10.1. The highest BCUT2D eigenvalue weighted by atomic mass is 35.5. The molecule has 194 valence electrons. The number of halogens is 3. The van der Waals surface area contributed by atoms with Gasteiger partial charge in [-0.2, -0.15) is 4.98 Å². The Morgan fingerprint density at radius 1 is 1.03 bits per heavy atom. The van der Waals surface area contributed by atoms with Gasteiger partial charge in [0.05, 0.1) is 21.3 Å². The van der Waals surface area contributed by atoms with Crippen LogP contribution < -0.4 is 14.7 Å². The smallest absolute Gasteiger partial charge is 0.337 e. The average Bonchev–Trinajstić information content (AvgIpc) is 3.31. The highest BCUT2D eigenvalue weighted by molar-refractivity contribution is 6.33. The third-order valence-corrected chi connectivity index (χ3v) is 7.58. The van der Waals surface area contributed by atoms with Gasteiger partial charge in [0, 0.05) is 56.1 Å². The lowest BCUT2D eigenvalue weighted by molar-refractivity contribution is 0.0696. The van der Waals surface area contributed by atoms with Crippen LogP contribution in [0, 0.1) is 5.82 Å². The third-order valence-electron chi connectivity index (χ3n) is 7.02. The van der Waals surface area contributed by atoms with Crippen molar-refractivity contribution in [2.45, 2.75) is 38.8 Å². The highest BCUT2D eigenvalue weighted by Crippen LogP contribution is 2.33. The van der Waals surface area contributed by atoms with Gasteiger partial charge in [-0.3, -0.25) is 0 Å². The molecule has 5 rings (SSSR count). The molecular weight excluding hydrogens is 518 g/mol. The minimum atomic E-state index is -1.07. The SMILES string of the molecule is CC1CCCN1c1nc(-c2ccc(F)c(Cl)c2)cc(N2CCN(c3ncc(C(=O)O)cc3Cl)C[C@H]2C)n1. The number of aromatic carboxylic acids is 1. The van der Waals surface area contributed by atoms with Crippen LogP contribution in [0.3, 0.4) is 0 Å².